The maximum Gasteiger partial charge on any atom is 0.291 e. The molecule has 0 radical (unpaired) electrons. The van der Waals surface area contributed by atoms with E-state index in [2.05, 4.69) is 26.6 Å². The van der Waals surface area contributed by atoms with Crippen LogP contribution < -0.4 is 15.4 Å². The number of ether oxygens (including phenoxy) is 1. The fraction of sp³-hybridized carbons (Fsp3) is 0.143. The van der Waals surface area contributed by atoms with Crippen LogP contribution in [0.5, 0.6) is 5.75 Å². The number of rotatable bonds is 6. The molecule has 3 aromatic rings. The highest BCUT2D eigenvalue weighted by atomic mass is 79.9. The summed E-state index contributed by atoms with van der Waals surface area (Å²) in [6.07, 6.45) is 1.43. The van der Waals surface area contributed by atoms with Crippen molar-refractivity contribution in [3.05, 3.63) is 77.2 Å². The van der Waals surface area contributed by atoms with Gasteiger partial charge in [-0.2, -0.15) is 0 Å². The molecule has 3 rings (SSSR count). The number of furan rings is 1. The van der Waals surface area contributed by atoms with Gasteiger partial charge in [0, 0.05) is 15.8 Å². The van der Waals surface area contributed by atoms with E-state index in [1.165, 1.54) is 6.26 Å². The molecule has 1 heterocycles. The topological polar surface area (TPSA) is 80.6 Å². The molecule has 28 heavy (non-hydrogen) atoms. The van der Waals surface area contributed by atoms with E-state index in [4.69, 9.17) is 9.15 Å². The van der Waals surface area contributed by atoms with E-state index < -0.39 is 5.60 Å². The minimum absolute atomic E-state index is 0.207. The number of amides is 2. The SMILES string of the molecule is CC(C)(Oc1ccc(Br)cc1)C(=O)Nc1cccc(NC(=O)c2ccco2)c1. The minimum atomic E-state index is -1.10. The van der Waals surface area contributed by atoms with E-state index in [-0.39, 0.29) is 17.6 Å². The lowest BCUT2D eigenvalue weighted by molar-refractivity contribution is -0.128. The van der Waals surface area contributed by atoms with Crippen molar-refractivity contribution >= 4 is 39.1 Å². The first-order valence-corrected chi connectivity index (χ1v) is 9.34. The summed E-state index contributed by atoms with van der Waals surface area (Å²) in [5.41, 5.74) is -0.0260. The van der Waals surface area contributed by atoms with Gasteiger partial charge in [-0.3, -0.25) is 9.59 Å². The Morgan fingerprint density at radius 2 is 1.64 bits per heavy atom. The van der Waals surface area contributed by atoms with E-state index >= 15 is 0 Å². The van der Waals surface area contributed by atoms with Gasteiger partial charge >= 0.3 is 0 Å². The Bertz CT molecular complexity index is 966. The Kier molecular flexibility index (Phi) is 5.84. The van der Waals surface area contributed by atoms with Crippen molar-refractivity contribution in [1.82, 2.24) is 0 Å². The molecule has 0 aliphatic heterocycles. The average Bonchev–Trinajstić information content (AvgIpc) is 3.19. The molecule has 0 atom stereocenters. The Labute approximate surface area is 171 Å². The van der Waals surface area contributed by atoms with Crippen LogP contribution in [-0.4, -0.2) is 17.4 Å². The monoisotopic (exact) mass is 442 g/mol. The Morgan fingerprint density at radius 3 is 2.29 bits per heavy atom. The number of hydrogen-bond donors (Lipinski definition) is 2. The Morgan fingerprint density at radius 1 is 0.964 bits per heavy atom. The largest absolute Gasteiger partial charge is 0.478 e. The van der Waals surface area contributed by atoms with Gasteiger partial charge in [-0.05, 0) is 68.4 Å². The standard InChI is InChI=1S/C21H19BrN2O4/c1-21(2,28-17-10-8-14(22)9-11-17)20(26)24-16-6-3-5-15(13-16)23-19(25)18-7-4-12-27-18/h3-13H,1-2H3,(H,23,25)(H,24,26). The Balaban J connectivity index is 1.66. The summed E-state index contributed by atoms with van der Waals surface area (Å²) in [4.78, 5) is 24.8. The summed E-state index contributed by atoms with van der Waals surface area (Å²) in [6, 6.07) is 17.3. The fourth-order valence-electron chi connectivity index (χ4n) is 2.40. The zero-order valence-corrected chi connectivity index (χ0v) is 16.9. The lowest BCUT2D eigenvalue weighted by Crippen LogP contribution is -2.42. The smallest absolute Gasteiger partial charge is 0.291 e. The van der Waals surface area contributed by atoms with Gasteiger partial charge in [0.1, 0.15) is 5.75 Å². The quantitative estimate of drug-likeness (QED) is 0.556. The molecule has 7 heteroatoms. The van der Waals surface area contributed by atoms with Crippen LogP contribution in [0.4, 0.5) is 11.4 Å². The predicted molar refractivity (Wildman–Crippen MR) is 111 cm³/mol. The molecule has 0 unspecified atom stereocenters. The van der Waals surface area contributed by atoms with Crippen molar-refractivity contribution in [1.29, 1.82) is 0 Å². The summed E-state index contributed by atoms with van der Waals surface area (Å²) < 4.78 is 11.8. The molecule has 0 bridgehead atoms. The van der Waals surface area contributed by atoms with Crippen LogP contribution in [0, 0.1) is 0 Å². The van der Waals surface area contributed by atoms with Crippen molar-refractivity contribution < 1.29 is 18.7 Å². The zero-order valence-electron chi connectivity index (χ0n) is 15.4. The van der Waals surface area contributed by atoms with Crippen LogP contribution in [0.25, 0.3) is 0 Å². The second-order valence-electron chi connectivity index (χ2n) is 6.53. The van der Waals surface area contributed by atoms with Gasteiger partial charge in [-0.1, -0.05) is 22.0 Å². The molecule has 1 aromatic heterocycles. The van der Waals surface area contributed by atoms with Gasteiger partial charge in [0.25, 0.3) is 11.8 Å². The number of nitrogens with one attached hydrogen (secondary N) is 2. The van der Waals surface area contributed by atoms with E-state index in [1.807, 2.05) is 12.1 Å². The molecule has 0 aliphatic rings. The van der Waals surface area contributed by atoms with Crippen LogP contribution in [0.3, 0.4) is 0 Å². The third kappa shape index (κ3) is 5.01. The molecule has 0 spiro atoms. The lowest BCUT2D eigenvalue weighted by atomic mass is 10.1. The maximum absolute atomic E-state index is 12.7. The molecule has 0 saturated carbocycles. The van der Waals surface area contributed by atoms with E-state index in [9.17, 15) is 9.59 Å². The summed E-state index contributed by atoms with van der Waals surface area (Å²) >= 11 is 3.36. The maximum atomic E-state index is 12.7. The van der Waals surface area contributed by atoms with Crippen molar-refractivity contribution in [2.75, 3.05) is 10.6 Å². The van der Waals surface area contributed by atoms with E-state index in [0.717, 1.165) is 4.47 Å². The minimum Gasteiger partial charge on any atom is -0.478 e. The summed E-state index contributed by atoms with van der Waals surface area (Å²) in [5.74, 6) is 0.110. The molecular weight excluding hydrogens is 424 g/mol. The predicted octanol–water partition coefficient (Wildman–Crippen LogP) is 5.09. The molecule has 2 aromatic carbocycles. The van der Waals surface area contributed by atoms with Gasteiger partial charge in [0.15, 0.2) is 11.4 Å². The first-order chi connectivity index (χ1) is 13.3. The van der Waals surface area contributed by atoms with Crippen LogP contribution >= 0.6 is 15.9 Å². The fourth-order valence-corrected chi connectivity index (χ4v) is 2.66. The normalized spacial score (nSPS) is 11.0. The van der Waals surface area contributed by atoms with Gasteiger partial charge < -0.3 is 19.8 Å². The van der Waals surface area contributed by atoms with Gasteiger partial charge in [0.2, 0.25) is 0 Å². The first kappa shape index (κ1) is 19.7. The number of hydrogen-bond acceptors (Lipinski definition) is 4. The number of carbonyl (C=O) groups excluding carboxylic acids is 2. The number of anilines is 2. The summed E-state index contributed by atoms with van der Waals surface area (Å²) in [5, 5.41) is 5.54. The van der Waals surface area contributed by atoms with Crippen LogP contribution in [0.1, 0.15) is 24.4 Å². The number of halogens is 1. The van der Waals surface area contributed by atoms with Crippen LogP contribution in [0.15, 0.2) is 75.8 Å². The highest BCUT2D eigenvalue weighted by Gasteiger charge is 2.30. The van der Waals surface area contributed by atoms with Crippen molar-refractivity contribution in [3.8, 4) is 5.75 Å². The first-order valence-electron chi connectivity index (χ1n) is 8.54. The molecule has 6 nitrogen and oxygen atoms in total. The zero-order chi connectivity index (χ0) is 20.1. The highest BCUT2D eigenvalue weighted by Crippen LogP contribution is 2.23. The van der Waals surface area contributed by atoms with E-state index in [0.29, 0.717) is 17.1 Å². The summed E-state index contributed by atoms with van der Waals surface area (Å²) in [6.45, 7) is 3.37. The summed E-state index contributed by atoms with van der Waals surface area (Å²) in [7, 11) is 0. The lowest BCUT2D eigenvalue weighted by Gasteiger charge is -2.25. The number of benzene rings is 2. The Hall–Kier alpha value is -3.06. The third-order valence-electron chi connectivity index (χ3n) is 3.86. The highest BCUT2D eigenvalue weighted by molar-refractivity contribution is 9.10. The molecule has 0 saturated heterocycles. The van der Waals surface area contributed by atoms with Crippen LogP contribution in [0.2, 0.25) is 0 Å². The van der Waals surface area contributed by atoms with Crippen molar-refractivity contribution in [3.63, 3.8) is 0 Å². The molecule has 144 valence electrons. The average molecular weight is 443 g/mol. The van der Waals surface area contributed by atoms with Gasteiger partial charge in [0.05, 0.1) is 6.26 Å². The third-order valence-corrected chi connectivity index (χ3v) is 4.39. The number of carbonyl (C=O) groups is 2. The molecular formula is C21H19BrN2O4. The van der Waals surface area contributed by atoms with Gasteiger partial charge in [-0.15, -0.1) is 0 Å². The second kappa shape index (κ2) is 8.31. The molecule has 0 fully saturated rings. The molecule has 2 amide bonds. The van der Waals surface area contributed by atoms with Crippen LogP contribution in [-0.2, 0) is 4.79 Å². The molecule has 2 N–H and O–H groups in total. The van der Waals surface area contributed by atoms with Gasteiger partial charge in [-0.25, -0.2) is 0 Å². The van der Waals surface area contributed by atoms with Crippen molar-refractivity contribution in [2.24, 2.45) is 0 Å². The second-order valence-corrected chi connectivity index (χ2v) is 7.45. The molecule has 0 aliphatic carbocycles. The van der Waals surface area contributed by atoms with Crippen molar-refractivity contribution in [2.45, 2.75) is 19.4 Å². The van der Waals surface area contributed by atoms with E-state index in [1.54, 1.807) is 62.4 Å².